The van der Waals surface area contributed by atoms with E-state index >= 15 is 0 Å². The predicted octanol–water partition coefficient (Wildman–Crippen LogP) is 3.07. The number of hydrogen-bond acceptors (Lipinski definition) is 4. The maximum absolute atomic E-state index is 12.0. The summed E-state index contributed by atoms with van der Waals surface area (Å²) in [6.07, 6.45) is 3.67. The van der Waals surface area contributed by atoms with Crippen molar-refractivity contribution >= 4 is 17.3 Å². The second kappa shape index (κ2) is 5.52. The predicted molar refractivity (Wildman–Crippen MR) is 85.7 cm³/mol. The summed E-state index contributed by atoms with van der Waals surface area (Å²) in [6.45, 7) is 4.13. The molecule has 0 saturated carbocycles. The molecule has 1 aromatic carbocycles. The lowest BCUT2D eigenvalue weighted by atomic mass is 10.0. The van der Waals surface area contributed by atoms with E-state index in [0.717, 1.165) is 16.8 Å². The molecule has 0 fully saturated rings. The highest BCUT2D eigenvalue weighted by molar-refractivity contribution is 5.96. The molecule has 0 aliphatic rings. The Bertz CT molecular complexity index is 852. The molecule has 0 aliphatic heterocycles. The molecule has 5 heteroatoms. The third-order valence-corrected chi connectivity index (χ3v) is 3.54. The lowest BCUT2D eigenvalue weighted by molar-refractivity contribution is 0.0528. The summed E-state index contributed by atoms with van der Waals surface area (Å²) in [7, 11) is 0. The molecule has 0 spiro atoms. The van der Waals surface area contributed by atoms with Crippen LogP contribution in [-0.4, -0.2) is 22.0 Å². The number of nitrogens with two attached hydrogens (primary N) is 1. The molecule has 3 rings (SSSR count). The Morgan fingerprint density at radius 2 is 2.05 bits per heavy atom. The number of hydrogen-bond donors (Lipinski definition) is 1. The van der Waals surface area contributed by atoms with Gasteiger partial charge in [-0.15, -0.1) is 0 Å². The molecule has 0 unspecified atom stereocenters. The van der Waals surface area contributed by atoms with Gasteiger partial charge in [0.25, 0.3) is 0 Å². The number of ether oxygens (including phenoxy) is 1. The highest BCUT2D eigenvalue weighted by Crippen LogP contribution is 2.25. The second-order valence-corrected chi connectivity index (χ2v) is 5.07. The summed E-state index contributed by atoms with van der Waals surface area (Å²) in [5.74, 6) is -0.362. The van der Waals surface area contributed by atoms with Gasteiger partial charge in [0, 0.05) is 23.6 Å². The molecule has 5 nitrogen and oxygen atoms in total. The van der Waals surface area contributed by atoms with E-state index in [1.165, 1.54) is 0 Å². The highest BCUT2D eigenvalue weighted by atomic mass is 16.5. The number of aromatic nitrogens is 2. The van der Waals surface area contributed by atoms with Gasteiger partial charge in [-0.25, -0.2) is 9.78 Å². The molecular formula is C17H17N3O2. The first kappa shape index (κ1) is 14.1. The number of carbonyl (C=O) groups is 1. The first-order chi connectivity index (χ1) is 10.6. The van der Waals surface area contributed by atoms with Crippen LogP contribution in [-0.2, 0) is 4.74 Å². The van der Waals surface area contributed by atoms with Gasteiger partial charge in [-0.05, 0) is 43.7 Å². The zero-order valence-electron chi connectivity index (χ0n) is 12.5. The van der Waals surface area contributed by atoms with Crippen LogP contribution in [0, 0.1) is 6.92 Å². The van der Waals surface area contributed by atoms with Gasteiger partial charge >= 0.3 is 5.97 Å². The van der Waals surface area contributed by atoms with E-state index in [1.807, 2.05) is 37.4 Å². The first-order valence-electron chi connectivity index (χ1n) is 7.11. The fraction of sp³-hybridized carbons (Fsp3) is 0.176. The number of anilines is 1. The minimum Gasteiger partial charge on any atom is -0.462 e. The average Bonchev–Trinajstić information content (AvgIpc) is 2.93. The number of rotatable bonds is 3. The van der Waals surface area contributed by atoms with E-state index in [2.05, 4.69) is 4.98 Å². The van der Waals surface area contributed by atoms with Crippen LogP contribution >= 0.6 is 0 Å². The third kappa shape index (κ3) is 2.41. The molecule has 2 aromatic heterocycles. The van der Waals surface area contributed by atoms with Crippen LogP contribution in [0.15, 0.2) is 42.7 Å². The lowest BCUT2D eigenvalue weighted by Crippen LogP contribution is -2.05. The van der Waals surface area contributed by atoms with Crippen LogP contribution in [0.1, 0.15) is 22.8 Å². The summed E-state index contributed by atoms with van der Waals surface area (Å²) in [6, 6.07) is 9.33. The Balaban J connectivity index is 2.14. The number of fused-ring (bicyclic) bond motifs is 1. The molecule has 22 heavy (non-hydrogen) atoms. The Hall–Kier alpha value is -2.82. The Labute approximate surface area is 128 Å². The van der Waals surface area contributed by atoms with Crippen molar-refractivity contribution in [3.8, 4) is 11.3 Å². The van der Waals surface area contributed by atoms with Gasteiger partial charge in [0.05, 0.1) is 12.3 Å². The minimum absolute atomic E-state index is 0.337. The van der Waals surface area contributed by atoms with Crippen molar-refractivity contribution in [2.45, 2.75) is 13.8 Å². The normalized spacial score (nSPS) is 10.8. The van der Waals surface area contributed by atoms with Gasteiger partial charge < -0.3 is 14.9 Å². The molecule has 0 aliphatic carbocycles. The lowest BCUT2D eigenvalue weighted by Gasteiger charge is -2.08. The van der Waals surface area contributed by atoms with Gasteiger partial charge in [0.15, 0.2) is 5.65 Å². The van der Waals surface area contributed by atoms with Crippen LogP contribution in [0.5, 0.6) is 0 Å². The quantitative estimate of drug-likeness (QED) is 0.595. The largest absolute Gasteiger partial charge is 0.462 e. The second-order valence-electron chi connectivity index (χ2n) is 5.07. The van der Waals surface area contributed by atoms with Gasteiger partial charge in [-0.2, -0.15) is 0 Å². The van der Waals surface area contributed by atoms with Crippen molar-refractivity contribution in [3.05, 3.63) is 53.9 Å². The van der Waals surface area contributed by atoms with Gasteiger partial charge in [0.1, 0.15) is 5.56 Å². The molecule has 0 atom stereocenters. The monoisotopic (exact) mass is 295 g/mol. The molecule has 0 amide bonds. The van der Waals surface area contributed by atoms with Crippen molar-refractivity contribution < 1.29 is 9.53 Å². The van der Waals surface area contributed by atoms with Crippen molar-refractivity contribution in [1.82, 2.24) is 9.38 Å². The summed E-state index contributed by atoms with van der Waals surface area (Å²) >= 11 is 0. The first-order valence-corrected chi connectivity index (χ1v) is 7.11. The number of aryl methyl sites for hydroxylation is 1. The topological polar surface area (TPSA) is 69.6 Å². The Morgan fingerprint density at radius 3 is 2.82 bits per heavy atom. The standard InChI is InChI=1S/C17H17N3O2/c1-3-22-17(21)13-6-8-20-9-7-15(19-16(13)20)14-10-12(18)5-4-11(14)2/h4-10H,3,18H2,1-2H3. The number of esters is 1. The molecule has 112 valence electrons. The zero-order chi connectivity index (χ0) is 15.7. The maximum atomic E-state index is 12.0. The fourth-order valence-corrected chi connectivity index (χ4v) is 2.41. The Kier molecular flexibility index (Phi) is 3.55. The van der Waals surface area contributed by atoms with Crippen LogP contribution < -0.4 is 5.73 Å². The van der Waals surface area contributed by atoms with E-state index in [9.17, 15) is 4.79 Å². The number of nitrogens with zero attached hydrogens (tertiary/aromatic N) is 2. The van der Waals surface area contributed by atoms with E-state index in [4.69, 9.17) is 10.5 Å². The average molecular weight is 295 g/mol. The Morgan fingerprint density at radius 1 is 1.27 bits per heavy atom. The van der Waals surface area contributed by atoms with E-state index in [0.29, 0.717) is 23.5 Å². The zero-order valence-corrected chi connectivity index (χ0v) is 12.5. The van der Waals surface area contributed by atoms with E-state index in [1.54, 1.807) is 23.6 Å². The van der Waals surface area contributed by atoms with E-state index < -0.39 is 0 Å². The van der Waals surface area contributed by atoms with Crippen LogP contribution in [0.4, 0.5) is 5.69 Å². The van der Waals surface area contributed by atoms with Crippen molar-refractivity contribution in [3.63, 3.8) is 0 Å². The smallest absolute Gasteiger partial charge is 0.341 e. The number of nitrogen functional groups attached to an aromatic ring is 1. The fourth-order valence-electron chi connectivity index (χ4n) is 2.41. The minimum atomic E-state index is -0.362. The number of benzene rings is 1. The van der Waals surface area contributed by atoms with Crippen LogP contribution in [0.25, 0.3) is 16.9 Å². The number of carbonyl (C=O) groups excluding carboxylic acids is 1. The van der Waals surface area contributed by atoms with Crippen LogP contribution in [0.3, 0.4) is 0 Å². The SMILES string of the molecule is CCOC(=O)c1ccn2ccc(-c3cc(N)ccc3C)nc12. The third-order valence-electron chi connectivity index (χ3n) is 3.54. The molecule has 0 bridgehead atoms. The summed E-state index contributed by atoms with van der Waals surface area (Å²) < 4.78 is 6.87. The molecular weight excluding hydrogens is 278 g/mol. The molecule has 3 aromatic rings. The molecule has 0 radical (unpaired) electrons. The van der Waals surface area contributed by atoms with Gasteiger partial charge in [0.2, 0.25) is 0 Å². The van der Waals surface area contributed by atoms with E-state index in [-0.39, 0.29) is 5.97 Å². The summed E-state index contributed by atoms with van der Waals surface area (Å²) in [5.41, 5.74) is 10.4. The molecule has 2 N–H and O–H groups in total. The van der Waals surface area contributed by atoms with Crippen molar-refractivity contribution in [1.29, 1.82) is 0 Å². The summed E-state index contributed by atoms with van der Waals surface area (Å²) in [4.78, 5) is 16.6. The van der Waals surface area contributed by atoms with Gasteiger partial charge in [-0.3, -0.25) is 0 Å². The van der Waals surface area contributed by atoms with Crippen molar-refractivity contribution in [2.75, 3.05) is 12.3 Å². The molecule has 0 saturated heterocycles. The van der Waals surface area contributed by atoms with Crippen molar-refractivity contribution in [2.24, 2.45) is 0 Å². The summed E-state index contributed by atoms with van der Waals surface area (Å²) in [5, 5.41) is 0. The highest BCUT2D eigenvalue weighted by Gasteiger charge is 2.15. The molecule has 2 heterocycles. The maximum Gasteiger partial charge on any atom is 0.341 e. The van der Waals surface area contributed by atoms with Crippen LogP contribution in [0.2, 0.25) is 0 Å². The van der Waals surface area contributed by atoms with Gasteiger partial charge in [-0.1, -0.05) is 6.07 Å².